The molecule has 0 saturated heterocycles. The van der Waals surface area contributed by atoms with Gasteiger partial charge in [0.05, 0.1) is 16.4 Å². The van der Waals surface area contributed by atoms with Gasteiger partial charge in [0.15, 0.2) is 0 Å². The zero-order valence-corrected chi connectivity index (χ0v) is 11.7. The first-order valence-electron chi connectivity index (χ1n) is 6.07. The fraction of sp³-hybridized carbons (Fsp3) is 0.385. The van der Waals surface area contributed by atoms with Gasteiger partial charge in [0, 0.05) is 18.0 Å². The van der Waals surface area contributed by atoms with E-state index in [-0.39, 0.29) is 22.6 Å². The van der Waals surface area contributed by atoms with E-state index >= 15 is 0 Å². The van der Waals surface area contributed by atoms with Gasteiger partial charge in [-0.25, -0.2) is 9.18 Å². The Hall–Kier alpha value is -1.76. The van der Waals surface area contributed by atoms with E-state index in [1.165, 1.54) is 6.07 Å². The number of rotatable bonds is 5. The summed E-state index contributed by atoms with van der Waals surface area (Å²) in [6.07, 6.45) is 1.91. The van der Waals surface area contributed by atoms with Crippen LogP contribution >= 0.6 is 0 Å². The summed E-state index contributed by atoms with van der Waals surface area (Å²) in [5.41, 5.74) is -0.543. The predicted octanol–water partition coefficient (Wildman–Crippen LogP) is 1.25. The maximum absolute atomic E-state index is 13.2. The molecule has 1 aromatic rings. The molecule has 108 valence electrons. The molecule has 5 nitrogen and oxygen atoms in total. The lowest BCUT2D eigenvalue weighted by Gasteiger charge is -2.15. The number of hydrogen-bond donors (Lipinski definition) is 1. The average molecular weight is 299 g/mol. The first kappa shape index (κ1) is 14.6. The zero-order chi connectivity index (χ0) is 14.9. The Morgan fingerprint density at radius 2 is 2.10 bits per heavy atom. The molecule has 1 fully saturated rings. The summed E-state index contributed by atoms with van der Waals surface area (Å²) in [7, 11) is -0.0219. The van der Waals surface area contributed by atoms with Gasteiger partial charge in [0.2, 0.25) is 5.91 Å². The zero-order valence-electron chi connectivity index (χ0n) is 10.8. The lowest BCUT2D eigenvalue weighted by molar-refractivity contribution is -0.127. The number of carbonyl (C=O) groups excluding carboxylic acids is 1. The molecular weight excluding hydrogens is 285 g/mol. The van der Waals surface area contributed by atoms with E-state index in [2.05, 4.69) is 0 Å². The summed E-state index contributed by atoms with van der Waals surface area (Å²) in [6, 6.07) is 3.42. The molecule has 1 unspecified atom stereocenters. The summed E-state index contributed by atoms with van der Waals surface area (Å²) in [5.74, 6) is -2.80. The predicted molar refractivity (Wildman–Crippen MR) is 70.4 cm³/mol. The van der Waals surface area contributed by atoms with Gasteiger partial charge in [0.25, 0.3) is 0 Å². The van der Waals surface area contributed by atoms with Gasteiger partial charge >= 0.3 is 5.97 Å². The highest BCUT2D eigenvalue weighted by atomic mass is 32.2. The van der Waals surface area contributed by atoms with Crippen LogP contribution in [0.15, 0.2) is 23.1 Å². The Bertz CT molecular complexity index is 586. The molecule has 20 heavy (non-hydrogen) atoms. The van der Waals surface area contributed by atoms with Crippen molar-refractivity contribution in [2.75, 3.05) is 12.8 Å². The van der Waals surface area contributed by atoms with E-state index in [1.54, 1.807) is 11.9 Å². The number of carboxylic acid groups (broad SMARTS) is 1. The second kappa shape index (κ2) is 5.70. The molecule has 1 saturated carbocycles. The van der Waals surface area contributed by atoms with Crippen LogP contribution in [-0.2, 0) is 15.6 Å². The molecule has 0 heterocycles. The summed E-state index contributed by atoms with van der Waals surface area (Å²) >= 11 is 0. The Kier molecular flexibility index (Phi) is 4.17. The highest BCUT2D eigenvalue weighted by Gasteiger charge is 2.30. The van der Waals surface area contributed by atoms with Gasteiger partial charge < -0.3 is 10.0 Å². The molecule has 2 rings (SSSR count). The minimum atomic E-state index is -1.68. The molecule has 0 aromatic heterocycles. The summed E-state index contributed by atoms with van der Waals surface area (Å²) < 4.78 is 25.3. The lowest BCUT2D eigenvalue weighted by Crippen LogP contribution is -2.32. The van der Waals surface area contributed by atoms with Crippen LogP contribution in [0.5, 0.6) is 0 Å². The smallest absolute Gasteiger partial charge is 0.338 e. The van der Waals surface area contributed by atoms with E-state index in [1.807, 2.05) is 0 Å². The number of halogens is 1. The molecule has 1 aromatic carbocycles. The third kappa shape index (κ3) is 3.22. The minimum Gasteiger partial charge on any atom is -0.478 e. The lowest BCUT2D eigenvalue weighted by atomic mass is 10.2. The first-order chi connectivity index (χ1) is 9.40. The summed E-state index contributed by atoms with van der Waals surface area (Å²) in [4.78, 5) is 24.3. The third-order valence-corrected chi connectivity index (χ3v) is 4.46. The Balaban J connectivity index is 2.10. The first-order valence-corrected chi connectivity index (χ1v) is 7.39. The average Bonchev–Trinajstić information content (AvgIpc) is 3.22. The molecule has 1 N–H and O–H groups in total. The second-order valence-electron chi connectivity index (χ2n) is 4.67. The molecule has 7 heteroatoms. The van der Waals surface area contributed by atoms with E-state index in [0.717, 1.165) is 25.0 Å². The Morgan fingerprint density at radius 1 is 1.45 bits per heavy atom. The SMILES string of the molecule is CN(C(=O)CS(=O)c1ccc(F)c(C(=O)O)c1)C1CC1. The Morgan fingerprint density at radius 3 is 2.65 bits per heavy atom. The normalized spacial score (nSPS) is 15.7. The van der Waals surface area contributed by atoms with E-state index in [4.69, 9.17) is 5.11 Å². The molecule has 1 amide bonds. The Labute approximate surface area is 117 Å². The van der Waals surface area contributed by atoms with Gasteiger partial charge in [-0.1, -0.05) is 0 Å². The van der Waals surface area contributed by atoms with E-state index in [0.29, 0.717) is 0 Å². The summed E-state index contributed by atoms with van der Waals surface area (Å²) in [5, 5.41) is 8.81. The maximum atomic E-state index is 13.2. The number of amides is 1. The number of aromatic carboxylic acids is 1. The topological polar surface area (TPSA) is 74.7 Å². The van der Waals surface area contributed by atoms with Crippen LogP contribution in [0.2, 0.25) is 0 Å². The van der Waals surface area contributed by atoms with Crippen molar-refractivity contribution in [1.82, 2.24) is 4.90 Å². The molecule has 1 aliphatic rings. The molecular formula is C13H14FNO4S. The highest BCUT2D eigenvalue weighted by molar-refractivity contribution is 7.85. The quantitative estimate of drug-likeness (QED) is 0.888. The van der Waals surface area contributed by atoms with Crippen LogP contribution < -0.4 is 0 Å². The molecule has 1 atom stereocenters. The van der Waals surface area contributed by atoms with Crippen molar-refractivity contribution in [3.8, 4) is 0 Å². The molecule has 0 bridgehead atoms. The van der Waals surface area contributed by atoms with Crippen molar-refractivity contribution in [3.63, 3.8) is 0 Å². The van der Waals surface area contributed by atoms with Gasteiger partial charge in [0.1, 0.15) is 11.6 Å². The van der Waals surface area contributed by atoms with Gasteiger partial charge in [-0.3, -0.25) is 9.00 Å². The molecule has 0 radical (unpaired) electrons. The van der Waals surface area contributed by atoms with Crippen molar-refractivity contribution in [2.45, 2.75) is 23.8 Å². The van der Waals surface area contributed by atoms with Crippen molar-refractivity contribution < 1.29 is 23.3 Å². The van der Waals surface area contributed by atoms with Crippen LogP contribution in [0.3, 0.4) is 0 Å². The van der Waals surface area contributed by atoms with Crippen LogP contribution in [0, 0.1) is 5.82 Å². The monoisotopic (exact) mass is 299 g/mol. The number of hydrogen-bond acceptors (Lipinski definition) is 3. The summed E-state index contributed by atoms with van der Waals surface area (Å²) in [6.45, 7) is 0. The third-order valence-electron chi connectivity index (χ3n) is 3.17. The minimum absolute atomic E-state index is 0.140. The van der Waals surface area contributed by atoms with Crippen molar-refractivity contribution in [2.24, 2.45) is 0 Å². The van der Waals surface area contributed by atoms with Crippen LogP contribution in [0.25, 0.3) is 0 Å². The van der Waals surface area contributed by atoms with Gasteiger partial charge in [-0.15, -0.1) is 0 Å². The van der Waals surface area contributed by atoms with Crippen LogP contribution in [-0.4, -0.2) is 44.9 Å². The van der Waals surface area contributed by atoms with Crippen molar-refractivity contribution >= 4 is 22.7 Å². The number of carbonyl (C=O) groups is 2. The number of carboxylic acids is 1. The van der Waals surface area contributed by atoms with Crippen LogP contribution in [0.4, 0.5) is 4.39 Å². The van der Waals surface area contributed by atoms with E-state index in [9.17, 15) is 18.2 Å². The fourth-order valence-electron chi connectivity index (χ4n) is 1.77. The maximum Gasteiger partial charge on any atom is 0.338 e. The second-order valence-corrected chi connectivity index (χ2v) is 6.12. The van der Waals surface area contributed by atoms with Gasteiger partial charge in [-0.2, -0.15) is 0 Å². The molecule has 0 aliphatic heterocycles. The van der Waals surface area contributed by atoms with Crippen LogP contribution in [0.1, 0.15) is 23.2 Å². The van der Waals surface area contributed by atoms with Crippen molar-refractivity contribution in [1.29, 1.82) is 0 Å². The number of benzene rings is 1. The van der Waals surface area contributed by atoms with Gasteiger partial charge in [-0.05, 0) is 31.0 Å². The fourth-order valence-corrected chi connectivity index (χ4v) is 2.84. The molecule has 0 spiro atoms. The highest BCUT2D eigenvalue weighted by Crippen LogP contribution is 2.25. The van der Waals surface area contributed by atoms with Crippen molar-refractivity contribution in [3.05, 3.63) is 29.6 Å². The molecule has 1 aliphatic carbocycles. The van der Waals surface area contributed by atoms with E-state index < -0.39 is 28.1 Å². The number of nitrogens with zero attached hydrogens (tertiary/aromatic N) is 1. The largest absolute Gasteiger partial charge is 0.478 e. The standard InChI is InChI=1S/C13H14FNO4S/c1-15(8-2-3-8)12(16)7-20(19)9-4-5-11(14)10(6-9)13(17)18/h4-6,8H,2-3,7H2,1H3,(H,17,18).